The summed E-state index contributed by atoms with van der Waals surface area (Å²) in [6.45, 7) is 3.21. The van der Waals surface area contributed by atoms with Crippen molar-refractivity contribution < 1.29 is 4.74 Å². The number of nitrogens with two attached hydrogens (primary N) is 1. The molecule has 1 aromatic heterocycles. The van der Waals surface area contributed by atoms with Crippen LogP contribution in [0.4, 0.5) is 5.69 Å². The molecule has 4 heteroatoms. The van der Waals surface area contributed by atoms with E-state index in [0.29, 0.717) is 13.2 Å². The van der Waals surface area contributed by atoms with E-state index < -0.39 is 0 Å². The second-order valence-corrected chi connectivity index (χ2v) is 5.62. The third-order valence-electron chi connectivity index (χ3n) is 3.93. The first kappa shape index (κ1) is 15.2. The molecule has 0 fully saturated rings. The largest absolute Gasteiger partial charge is 0.494 e. The summed E-state index contributed by atoms with van der Waals surface area (Å²) in [6.07, 6.45) is 2.63. The van der Waals surface area contributed by atoms with Gasteiger partial charge in [-0.15, -0.1) is 0 Å². The molecule has 0 bridgehead atoms. The highest BCUT2D eigenvalue weighted by atomic mass is 16.5. The summed E-state index contributed by atoms with van der Waals surface area (Å²) in [7, 11) is 0. The molecule has 0 aliphatic heterocycles. The van der Waals surface area contributed by atoms with Gasteiger partial charge in [-0.1, -0.05) is 12.1 Å². The lowest BCUT2D eigenvalue weighted by atomic mass is 10.1. The van der Waals surface area contributed by atoms with E-state index in [9.17, 15) is 4.79 Å². The summed E-state index contributed by atoms with van der Waals surface area (Å²) in [4.78, 5) is 12.5. The van der Waals surface area contributed by atoms with Gasteiger partial charge in [0.25, 0.3) is 5.56 Å². The number of benzene rings is 2. The maximum atomic E-state index is 12.5. The maximum Gasteiger partial charge on any atom is 0.258 e. The van der Waals surface area contributed by atoms with Gasteiger partial charge >= 0.3 is 0 Å². The van der Waals surface area contributed by atoms with E-state index >= 15 is 0 Å². The SMILES string of the molecule is Cc1cccc2c(=O)n(CCCOc3ccc(N)cc3)ccc12. The Morgan fingerprint density at radius 3 is 2.61 bits per heavy atom. The highest BCUT2D eigenvalue weighted by molar-refractivity contribution is 5.84. The van der Waals surface area contributed by atoms with Crippen LogP contribution in [0.25, 0.3) is 10.8 Å². The van der Waals surface area contributed by atoms with Crippen molar-refractivity contribution in [3.05, 3.63) is 70.6 Å². The highest BCUT2D eigenvalue weighted by Gasteiger charge is 2.04. The average Bonchev–Trinajstić information content (AvgIpc) is 2.56. The first-order valence-electron chi connectivity index (χ1n) is 7.72. The lowest BCUT2D eigenvalue weighted by Gasteiger charge is -2.10. The molecule has 2 aromatic carbocycles. The van der Waals surface area contributed by atoms with Gasteiger partial charge in [0.1, 0.15) is 5.75 Å². The predicted octanol–water partition coefficient (Wildman–Crippen LogP) is 3.36. The molecule has 3 aromatic rings. The summed E-state index contributed by atoms with van der Waals surface area (Å²) < 4.78 is 7.40. The molecule has 0 atom stereocenters. The van der Waals surface area contributed by atoms with Gasteiger partial charge in [-0.2, -0.15) is 0 Å². The lowest BCUT2D eigenvalue weighted by molar-refractivity contribution is 0.301. The van der Waals surface area contributed by atoms with E-state index in [1.54, 1.807) is 4.57 Å². The van der Waals surface area contributed by atoms with Crippen molar-refractivity contribution in [2.45, 2.75) is 19.9 Å². The zero-order valence-electron chi connectivity index (χ0n) is 13.2. The smallest absolute Gasteiger partial charge is 0.258 e. The second kappa shape index (κ2) is 6.57. The van der Waals surface area contributed by atoms with Crippen molar-refractivity contribution in [2.75, 3.05) is 12.3 Å². The van der Waals surface area contributed by atoms with Crippen LogP contribution in [0.3, 0.4) is 0 Å². The first-order chi connectivity index (χ1) is 11.1. The number of fused-ring (bicyclic) bond motifs is 1. The lowest BCUT2D eigenvalue weighted by Crippen LogP contribution is -2.20. The quantitative estimate of drug-likeness (QED) is 0.581. The zero-order valence-corrected chi connectivity index (χ0v) is 13.2. The minimum absolute atomic E-state index is 0.0543. The second-order valence-electron chi connectivity index (χ2n) is 5.62. The third kappa shape index (κ3) is 3.37. The van der Waals surface area contributed by atoms with Crippen molar-refractivity contribution in [2.24, 2.45) is 0 Å². The minimum atomic E-state index is 0.0543. The van der Waals surface area contributed by atoms with Crippen LogP contribution >= 0.6 is 0 Å². The predicted molar refractivity (Wildman–Crippen MR) is 93.9 cm³/mol. The molecule has 0 spiro atoms. The van der Waals surface area contributed by atoms with E-state index in [2.05, 4.69) is 0 Å². The van der Waals surface area contributed by atoms with Crippen molar-refractivity contribution in [3.8, 4) is 5.75 Å². The fraction of sp³-hybridized carbons (Fsp3) is 0.211. The van der Waals surface area contributed by atoms with Gasteiger partial charge in [0.05, 0.1) is 6.61 Å². The topological polar surface area (TPSA) is 57.2 Å². The number of rotatable bonds is 5. The molecule has 4 nitrogen and oxygen atoms in total. The molecule has 0 saturated carbocycles. The minimum Gasteiger partial charge on any atom is -0.494 e. The first-order valence-corrected chi connectivity index (χ1v) is 7.72. The van der Waals surface area contributed by atoms with Crippen LogP contribution in [0.2, 0.25) is 0 Å². The van der Waals surface area contributed by atoms with Crippen LogP contribution in [-0.4, -0.2) is 11.2 Å². The average molecular weight is 308 g/mol. The zero-order chi connectivity index (χ0) is 16.2. The van der Waals surface area contributed by atoms with Crippen LogP contribution in [0, 0.1) is 6.92 Å². The number of nitrogen functional groups attached to an aromatic ring is 1. The van der Waals surface area contributed by atoms with Crippen molar-refractivity contribution in [1.29, 1.82) is 0 Å². The summed E-state index contributed by atoms with van der Waals surface area (Å²) >= 11 is 0. The van der Waals surface area contributed by atoms with Gasteiger partial charge in [-0.25, -0.2) is 0 Å². The Morgan fingerprint density at radius 2 is 1.83 bits per heavy atom. The van der Waals surface area contributed by atoms with Crippen LogP contribution < -0.4 is 16.0 Å². The van der Waals surface area contributed by atoms with Gasteiger partial charge in [-0.05, 0) is 60.7 Å². The molecule has 0 saturated heterocycles. The molecular weight excluding hydrogens is 288 g/mol. The molecule has 23 heavy (non-hydrogen) atoms. The molecule has 3 rings (SSSR count). The maximum absolute atomic E-state index is 12.5. The molecule has 0 amide bonds. The molecule has 118 valence electrons. The number of pyridine rings is 1. The van der Waals surface area contributed by atoms with Crippen LogP contribution in [0.1, 0.15) is 12.0 Å². The Hall–Kier alpha value is -2.75. The highest BCUT2D eigenvalue weighted by Crippen LogP contribution is 2.15. The molecule has 0 aliphatic carbocycles. The van der Waals surface area contributed by atoms with Crippen LogP contribution in [-0.2, 0) is 6.54 Å². The molecule has 0 unspecified atom stereocenters. The number of nitrogens with zero attached hydrogens (tertiary/aromatic N) is 1. The molecule has 1 heterocycles. The van der Waals surface area contributed by atoms with E-state index in [1.807, 2.05) is 61.7 Å². The van der Waals surface area contributed by atoms with Crippen LogP contribution in [0.15, 0.2) is 59.5 Å². The monoisotopic (exact) mass is 308 g/mol. The number of hydrogen-bond donors (Lipinski definition) is 1. The summed E-state index contributed by atoms with van der Waals surface area (Å²) in [6, 6.07) is 15.1. The van der Waals surface area contributed by atoms with Crippen molar-refractivity contribution in [3.63, 3.8) is 0 Å². The summed E-state index contributed by atoms with van der Waals surface area (Å²) in [5.74, 6) is 0.792. The number of hydrogen-bond acceptors (Lipinski definition) is 3. The van der Waals surface area contributed by atoms with Gasteiger partial charge in [-0.3, -0.25) is 4.79 Å². The van der Waals surface area contributed by atoms with Crippen LogP contribution in [0.5, 0.6) is 5.75 Å². The molecule has 0 radical (unpaired) electrons. The Labute approximate surface area is 135 Å². The normalized spacial score (nSPS) is 10.8. The third-order valence-corrected chi connectivity index (χ3v) is 3.93. The molecule has 0 aliphatic rings. The van der Waals surface area contributed by atoms with E-state index in [-0.39, 0.29) is 5.56 Å². The van der Waals surface area contributed by atoms with Gasteiger partial charge < -0.3 is 15.0 Å². The molecule has 2 N–H and O–H groups in total. The fourth-order valence-corrected chi connectivity index (χ4v) is 2.64. The number of anilines is 1. The fourth-order valence-electron chi connectivity index (χ4n) is 2.64. The van der Waals surface area contributed by atoms with E-state index in [0.717, 1.165) is 34.2 Å². The van der Waals surface area contributed by atoms with Gasteiger partial charge in [0.2, 0.25) is 0 Å². The van der Waals surface area contributed by atoms with Crippen molar-refractivity contribution in [1.82, 2.24) is 4.57 Å². The summed E-state index contributed by atoms with van der Waals surface area (Å²) in [5, 5.41) is 1.79. The van der Waals surface area contributed by atoms with Crippen molar-refractivity contribution >= 4 is 16.5 Å². The Balaban J connectivity index is 1.64. The summed E-state index contributed by atoms with van der Waals surface area (Å²) in [5.41, 5.74) is 7.53. The van der Waals surface area contributed by atoms with E-state index in [1.165, 1.54) is 0 Å². The number of ether oxygens (including phenoxy) is 1. The number of aryl methyl sites for hydroxylation is 2. The standard InChI is InChI=1S/C19H20N2O2/c1-14-4-2-5-18-17(14)10-12-21(19(18)22)11-3-13-23-16-8-6-15(20)7-9-16/h2,4-10,12H,3,11,13,20H2,1H3. The van der Waals surface area contributed by atoms with Gasteiger partial charge in [0.15, 0.2) is 0 Å². The number of aromatic nitrogens is 1. The Bertz CT molecular complexity index is 867. The Morgan fingerprint density at radius 1 is 1.04 bits per heavy atom. The Kier molecular flexibility index (Phi) is 4.33. The van der Waals surface area contributed by atoms with E-state index in [4.69, 9.17) is 10.5 Å². The van der Waals surface area contributed by atoms with Gasteiger partial charge in [0, 0.05) is 23.8 Å². The molecular formula is C19H20N2O2.